The molecule has 0 saturated heterocycles. The lowest BCUT2D eigenvalue weighted by atomic mass is 9.77. The van der Waals surface area contributed by atoms with Gasteiger partial charge in [-0.05, 0) is 51.0 Å². The van der Waals surface area contributed by atoms with E-state index in [0.29, 0.717) is 5.78 Å². The minimum atomic E-state index is 0.273. The van der Waals surface area contributed by atoms with Crippen molar-refractivity contribution in [3.05, 3.63) is 34.9 Å². The number of carbonyl (C=O) groups is 1. The molecule has 0 bridgehead atoms. The molecule has 0 atom stereocenters. The summed E-state index contributed by atoms with van der Waals surface area (Å²) in [5, 5.41) is 0. The fourth-order valence-corrected chi connectivity index (χ4v) is 3.43. The van der Waals surface area contributed by atoms with Crippen LogP contribution in [0, 0.1) is 25.7 Å². The lowest BCUT2D eigenvalue weighted by molar-refractivity contribution is 0.0869. The van der Waals surface area contributed by atoms with Gasteiger partial charge < -0.3 is 0 Å². The lowest BCUT2D eigenvalue weighted by Gasteiger charge is -2.27. The first-order valence-electron chi connectivity index (χ1n) is 7.73. The number of aryl methyl sites for hydroxylation is 2. The molecule has 0 radical (unpaired) electrons. The van der Waals surface area contributed by atoms with Crippen molar-refractivity contribution < 1.29 is 4.79 Å². The van der Waals surface area contributed by atoms with Crippen molar-refractivity contribution in [2.24, 2.45) is 11.8 Å². The van der Waals surface area contributed by atoms with E-state index < -0.39 is 0 Å². The summed E-state index contributed by atoms with van der Waals surface area (Å²) >= 11 is 0. The Labute approximate surface area is 117 Å². The van der Waals surface area contributed by atoms with Crippen LogP contribution in [0.4, 0.5) is 0 Å². The van der Waals surface area contributed by atoms with Crippen LogP contribution in [-0.2, 0) is 0 Å². The van der Waals surface area contributed by atoms with E-state index >= 15 is 0 Å². The summed E-state index contributed by atoms with van der Waals surface area (Å²) in [4.78, 5) is 12.6. The number of rotatable bonds is 4. The minimum Gasteiger partial charge on any atom is -0.294 e. The maximum atomic E-state index is 12.6. The Bertz CT molecular complexity index is 439. The van der Waals surface area contributed by atoms with E-state index in [4.69, 9.17) is 0 Å². The van der Waals surface area contributed by atoms with Crippen LogP contribution in [0.1, 0.15) is 66.9 Å². The first-order valence-corrected chi connectivity index (χ1v) is 7.73. The molecule has 2 rings (SSSR count). The highest BCUT2D eigenvalue weighted by Crippen LogP contribution is 2.33. The second-order valence-electron chi connectivity index (χ2n) is 6.19. The van der Waals surface area contributed by atoms with Crippen molar-refractivity contribution >= 4 is 5.78 Å². The van der Waals surface area contributed by atoms with E-state index in [1.807, 2.05) is 6.07 Å². The molecule has 1 aromatic carbocycles. The number of benzene rings is 1. The summed E-state index contributed by atoms with van der Waals surface area (Å²) < 4.78 is 0. The molecule has 19 heavy (non-hydrogen) atoms. The van der Waals surface area contributed by atoms with Gasteiger partial charge in [0, 0.05) is 11.5 Å². The number of hydrogen-bond donors (Lipinski definition) is 0. The number of Topliss-reactive ketones (excluding diaryl/α,β-unsaturated/α-hetero) is 1. The SMILES string of the molecule is CCCC1CCC(C(=O)c2ccc(C)cc2C)CC1. The average Bonchev–Trinajstić information content (AvgIpc) is 2.39. The van der Waals surface area contributed by atoms with Crippen molar-refractivity contribution in [1.82, 2.24) is 0 Å². The fourth-order valence-electron chi connectivity index (χ4n) is 3.43. The Morgan fingerprint density at radius 1 is 1.16 bits per heavy atom. The zero-order valence-electron chi connectivity index (χ0n) is 12.5. The van der Waals surface area contributed by atoms with Crippen LogP contribution in [-0.4, -0.2) is 5.78 Å². The fraction of sp³-hybridized carbons (Fsp3) is 0.611. The molecule has 0 aliphatic heterocycles. The molecule has 1 aliphatic rings. The minimum absolute atomic E-state index is 0.273. The Morgan fingerprint density at radius 2 is 1.84 bits per heavy atom. The summed E-state index contributed by atoms with van der Waals surface area (Å²) in [6, 6.07) is 6.20. The van der Waals surface area contributed by atoms with Crippen molar-refractivity contribution in [1.29, 1.82) is 0 Å². The van der Waals surface area contributed by atoms with E-state index in [0.717, 1.165) is 29.9 Å². The Kier molecular flexibility index (Phi) is 4.79. The van der Waals surface area contributed by atoms with Crippen LogP contribution in [0.2, 0.25) is 0 Å². The van der Waals surface area contributed by atoms with Gasteiger partial charge in [0.05, 0.1) is 0 Å². The standard InChI is InChI=1S/C18H26O/c1-4-5-15-7-9-16(10-8-15)18(19)17-11-6-13(2)12-14(17)3/h6,11-12,15-16H,4-5,7-10H2,1-3H3. The summed E-state index contributed by atoms with van der Waals surface area (Å²) in [5.41, 5.74) is 3.32. The molecule has 0 heterocycles. The molecule has 1 saturated carbocycles. The van der Waals surface area contributed by atoms with Crippen LogP contribution in [0.5, 0.6) is 0 Å². The normalized spacial score (nSPS) is 23.3. The molecule has 1 fully saturated rings. The summed E-state index contributed by atoms with van der Waals surface area (Å²) in [7, 11) is 0. The smallest absolute Gasteiger partial charge is 0.166 e. The van der Waals surface area contributed by atoms with Crippen LogP contribution in [0.3, 0.4) is 0 Å². The van der Waals surface area contributed by atoms with Gasteiger partial charge in [-0.15, -0.1) is 0 Å². The first kappa shape index (κ1) is 14.3. The molecule has 0 unspecified atom stereocenters. The van der Waals surface area contributed by atoms with Gasteiger partial charge in [0.1, 0.15) is 0 Å². The number of ketones is 1. The average molecular weight is 258 g/mol. The maximum Gasteiger partial charge on any atom is 0.166 e. The molecule has 1 heteroatoms. The zero-order valence-corrected chi connectivity index (χ0v) is 12.5. The van der Waals surface area contributed by atoms with Crippen molar-refractivity contribution in [2.75, 3.05) is 0 Å². The summed E-state index contributed by atoms with van der Waals surface area (Å²) in [5.74, 6) is 1.52. The predicted octanol–water partition coefficient (Wildman–Crippen LogP) is 5.09. The Morgan fingerprint density at radius 3 is 2.42 bits per heavy atom. The molecule has 0 aromatic heterocycles. The maximum absolute atomic E-state index is 12.6. The van der Waals surface area contributed by atoms with Gasteiger partial charge >= 0.3 is 0 Å². The molecule has 0 spiro atoms. The van der Waals surface area contributed by atoms with Gasteiger partial charge in [-0.1, -0.05) is 43.5 Å². The molecule has 0 amide bonds. The van der Waals surface area contributed by atoms with Crippen LogP contribution >= 0.6 is 0 Å². The van der Waals surface area contributed by atoms with E-state index in [2.05, 4.69) is 32.9 Å². The molecule has 1 nitrogen and oxygen atoms in total. The second-order valence-corrected chi connectivity index (χ2v) is 6.19. The molecular weight excluding hydrogens is 232 g/mol. The van der Waals surface area contributed by atoms with Gasteiger partial charge in [0.25, 0.3) is 0 Å². The van der Waals surface area contributed by atoms with E-state index in [1.165, 1.54) is 31.2 Å². The molecule has 1 aliphatic carbocycles. The van der Waals surface area contributed by atoms with Gasteiger partial charge in [0.2, 0.25) is 0 Å². The van der Waals surface area contributed by atoms with Gasteiger partial charge in [-0.2, -0.15) is 0 Å². The highest BCUT2D eigenvalue weighted by molar-refractivity contribution is 5.99. The number of carbonyl (C=O) groups excluding carboxylic acids is 1. The van der Waals surface area contributed by atoms with E-state index in [9.17, 15) is 4.79 Å². The van der Waals surface area contributed by atoms with E-state index in [1.54, 1.807) is 0 Å². The highest BCUT2D eigenvalue weighted by atomic mass is 16.1. The molecule has 0 N–H and O–H groups in total. The van der Waals surface area contributed by atoms with Gasteiger partial charge in [0.15, 0.2) is 5.78 Å². The second kappa shape index (κ2) is 6.36. The van der Waals surface area contributed by atoms with Gasteiger partial charge in [-0.3, -0.25) is 4.79 Å². The van der Waals surface area contributed by atoms with Crippen molar-refractivity contribution in [3.8, 4) is 0 Å². The van der Waals surface area contributed by atoms with Gasteiger partial charge in [-0.25, -0.2) is 0 Å². The third kappa shape index (κ3) is 3.46. The monoisotopic (exact) mass is 258 g/mol. The largest absolute Gasteiger partial charge is 0.294 e. The van der Waals surface area contributed by atoms with Crippen molar-refractivity contribution in [2.45, 2.75) is 59.3 Å². The quantitative estimate of drug-likeness (QED) is 0.687. The third-order valence-electron chi connectivity index (χ3n) is 4.56. The third-order valence-corrected chi connectivity index (χ3v) is 4.56. The van der Waals surface area contributed by atoms with E-state index in [-0.39, 0.29) is 5.92 Å². The predicted molar refractivity (Wildman–Crippen MR) is 80.6 cm³/mol. The molecule has 1 aromatic rings. The lowest BCUT2D eigenvalue weighted by Crippen LogP contribution is -2.22. The highest BCUT2D eigenvalue weighted by Gasteiger charge is 2.27. The molecule has 104 valence electrons. The first-order chi connectivity index (χ1) is 9.11. The Hall–Kier alpha value is -1.11. The number of hydrogen-bond acceptors (Lipinski definition) is 1. The Balaban J connectivity index is 2.01. The van der Waals surface area contributed by atoms with Crippen molar-refractivity contribution in [3.63, 3.8) is 0 Å². The topological polar surface area (TPSA) is 17.1 Å². The van der Waals surface area contributed by atoms with Crippen LogP contribution in [0.15, 0.2) is 18.2 Å². The molecular formula is C18H26O. The summed E-state index contributed by atoms with van der Waals surface area (Å²) in [6.45, 7) is 6.40. The van der Waals surface area contributed by atoms with Crippen LogP contribution < -0.4 is 0 Å². The summed E-state index contributed by atoms with van der Waals surface area (Å²) in [6.07, 6.45) is 7.29. The zero-order chi connectivity index (χ0) is 13.8. The van der Waals surface area contributed by atoms with Crippen LogP contribution in [0.25, 0.3) is 0 Å².